The second kappa shape index (κ2) is 5.30. The number of fused-ring (bicyclic) bond motifs is 1. The van der Waals surface area contributed by atoms with E-state index in [2.05, 4.69) is 0 Å². The van der Waals surface area contributed by atoms with Gasteiger partial charge in [-0.2, -0.15) is 4.31 Å². The highest BCUT2D eigenvalue weighted by molar-refractivity contribution is 7.89. The highest BCUT2D eigenvalue weighted by atomic mass is 32.2. The molecule has 0 radical (unpaired) electrons. The molecule has 1 aliphatic heterocycles. The molecule has 2 saturated carbocycles. The van der Waals surface area contributed by atoms with Crippen LogP contribution in [0.3, 0.4) is 0 Å². The Balaban J connectivity index is 1.61. The van der Waals surface area contributed by atoms with Gasteiger partial charge in [0, 0.05) is 11.5 Å². The molecule has 0 bridgehead atoms. The van der Waals surface area contributed by atoms with Gasteiger partial charge >= 0.3 is 5.97 Å². The molecule has 1 heterocycles. The zero-order valence-corrected chi connectivity index (χ0v) is 15.2. The van der Waals surface area contributed by atoms with Crippen LogP contribution in [0, 0.1) is 11.8 Å². The average molecular weight is 371 g/mol. The monoisotopic (exact) mass is 371 g/mol. The van der Waals surface area contributed by atoms with Crippen molar-refractivity contribution in [1.82, 2.24) is 4.31 Å². The highest BCUT2D eigenvalue weighted by Gasteiger charge is 2.77. The third-order valence-corrected chi connectivity index (χ3v) is 8.59. The fraction of sp³-hybridized carbons (Fsp3) is 0.450. The van der Waals surface area contributed by atoms with Crippen molar-refractivity contribution >= 4 is 26.8 Å². The van der Waals surface area contributed by atoms with Crippen molar-refractivity contribution in [2.24, 2.45) is 11.8 Å². The van der Waals surface area contributed by atoms with E-state index in [9.17, 15) is 18.3 Å². The Morgan fingerprint density at radius 1 is 1.08 bits per heavy atom. The Bertz CT molecular complexity index is 1020. The minimum absolute atomic E-state index is 0.0391. The molecule has 4 atom stereocenters. The van der Waals surface area contributed by atoms with E-state index in [1.165, 1.54) is 4.31 Å². The molecule has 2 aliphatic carbocycles. The largest absolute Gasteiger partial charge is 0.480 e. The van der Waals surface area contributed by atoms with Crippen molar-refractivity contribution in [3.05, 3.63) is 42.5 Å². The molecule has 26 heavy (non-hydrogen) atoms. The van der Waals surface area contributed by atoms with Crippen molar-refractivity contribution < 1.29 is 18.3 Å². The number of sulfonamides is 1. The molecule has 5 rings (SSSR count). The van der Waals surface area contributed by atoms with E-state index in [0.717, 1.165) is 42.9 Å². The van der Waals surface area contributed by atoms with Gasteiger partial charge in [0.2, 0.25) is 10.0 Å². The molecule has 0 amide bonds. The summed E-state index contributed by atoms with van der Waals surface area (Å²) < 4.78 is 28.2. The maximum Gasteiger partial charge on any atom is 0.322 e. The van der Waals surface area contributed by atoms with E-state index in [1.807, 2.05) is 24.3 Å². The number of rotatable bonds is 3. The lowest BCUT2D eigenvalue weighted by Gasteiger charge is -2.53. The van der Waals surface area contributed by atoms with E-state index in [0.29, 0.717) is 5.92 Å². The molecule has 2 aromatic rings. The van der Waals surface area contributed by atoms with Gasteiger partial charge in [0.1, 0.15) is 6.04 Å². The Morgan fingerprint density at radius 2 is 1.81 bits per heavy atom. The molecule has 136 valence electrons. The van der Waals surface area contributed by atoms with Crippen molar-refractivity contribution in [2.45, 2.75) is 48.6 Å². The van der Waals surface area contributed by atoms with Crippen molar-refractivity contribution in [1.29, 1.82) is 0 Å². The lowest BCUT2D eigenvalue weighted by atomic mass is 9.76. The molecule has 0 aromatic heterocycles. The van der Waals surface area contributed by atoms with Gasteiger partial charge in [-0.1, -0.05) is 43.2 Å². The molecule has 1 spiro atoms. The second-order valence-corrected chi connectivity index (χ2v) is 9.69. The van der Waals surface area contributed by atoms with Crippen LogP contribution < -0.4 is 0 Å². The second-order valence-electron chi connectivity index (χ2n) is 7.88. The fourth-order valence-electron chi connectivity index (χ4n) is 5.44. The van der Waals surface area contributed by atoms with Gasteiger partial charge in [-0.05, 0) is 48.1 Å². The van der Waals surface area contributed by atoms with Gasteiger partial charge in [0.25, 0.3) is 0 Å². The third-order valence-electron chi connectivity index (χ3n) is 6.65. The lowest BCUT2D eigenvalue weighted by Crippen LogP contribution is -2.71. The van der Waals surface area contributed by atoms with Crippen LogP contribution in [-0.4, -0.2) is 35.4 Å². The molecule has 1 N–H and O–H groups in total. The van der Waals surface area contributed by atoms with Crippen LogP contribution in [0.5, 0.6) is 0 Å². The van der Waals surface area contributed by atoms with Crippen LogP contribution in [0.4, 0.5) is 0 Å². The van der Waals surface area contributed by atoms with Crippen LogP contribution in [0.2, 0.25) is 0 Å². The molecule has 1 saturated heterocycles. The van der Waals surface area contributed by atoms with Crippen LogP contribution in [0.1, 0.15) is 32.1 Å². The first-order valence-corrected chi connectivity index (χ1v) is 10.7. The quantitative estimate of drug-likeness (QED) is 0.899. The predicted molar refractivity (Wildman–Crippen MR) is 97.2 cm³/mol. The van der Waals surface area contributed by atoms with Gasteiger partial charge in [0.05, 0.1) is 4.90 Å². The Kier molecular flexibility index (Phi) is 3.32. The Morgan fingerprint density at radius 3 is 2.58 bits per heavy atom. The summed E-state index contributed by atoms with van der Waals surface area (Å²) in [5.41, 5.74) is -0.440. The van der Waals surface area contributed by atoms with Crippen molar-refractivity contribution in [3.63, 3.8) is 0 Å². The summed E-state index contributed by atoms with van der Waals surface area (Å²) in [4.78, 5) is 12.1. The number of hydrogen-bond donors (Lipinski definition) is 1. The number of carboxylic acids is 1. The van der Waals surface area contributed by atoms with Crippen LogP contribution in [0.15, 0.2) is 47.4 Å². The zero-order chi connectivity index (χ0) is 18.1. The minimum atomic E-state index is -3.84. The van der Waals surface area contributed by atoms with Gasteiger partial charge in [-0.15, -0.1) is 0 Å². The van der Waals surface area contributed by atoms with E-state index in [-0.39, 0.29) is 10.8 Å². The number of carbonyl (C=O) groups is 1. The first-order valence-electron chi connectivity index (χ1n) is 9.22. The number of hydrogen-bond acceptors (Lipinski definition) is 3. The van der Waals surface area contributed by atoms with E-state index < -0.39 is 27.6 Å². The standard InChI is InChI=1S/C20H21NO4S/c22-19(23)18-17-8-4-3-7-15-12-20(15,17)21(18)26(24,25)16-10-9-13-5-1-2-6-14(13)11-16/h1-2,5-6,9-11,15,17-18H,3-4,7-8,12H2,(H,22,23)/t15?,17?,18-,20?/m1/s1. The summed E-state index contributed by atoms with van der Waals surface area (Å²) in [6, 6.07) is 11.8. The Hall–Kier alpha value is -1.92. The van der Waals surface area contributed by atoms with Gasteiger partial charge in [-0.25, -0.2) is 8.42 Å². The zero-order valence-electron chi connectivity index (χ0n) is 14.3. The molecule has 6 heteroatoms. The summed E-state index contributed by atoms with van der Waals surface area (Å²) in [6.45, 7) is 0. The Labute approximate surface area is 152 Å². The van der Waals surface area contributed by atoms with E-state index >= 15 is 0 Å². The van der Waals surface area contributed by atoms with Crippen LogP contribution in [0.25, 0.3) is 10.8 Å². The fourth-order valence-corrected chi connectivity index (χ4v) is 7.52. The topological polar surface area (TPSA) is 74.7 Å². The van der Waals surface area contributed by atoms with Gasteiger partial charge in [0.15, 0.2) is 0 Å². The summed E-state index contributed by atoms with van der Waals surface area (Å²) in [7, 11) is -3.84. The molecule has 3 unspecified atom stereocenters. The summed E-state index contributed by atoms with van der Waals surface area (Å²) >= 11 is 0. The number of benzene rings is 2. The molecule has 2 aromatic carbocycles. The molecule has 3 fully saturated rings. The van der Waals surface area contributed by atoms with Gasteiger partial charge < -0.3 is 5.11 Å². The molecule has 3 aliphatic rings. The van der Waals surface area contributed by atoms with E-state index in [4.69, 9.17) is 0 Å². The maximum atomic E-state index is 13.4. The third kappa shape index (κ3) is 2.00. The summed E-state index contributed by atoms with van der Waals surface area (Å²) in [5.74, 6) is -0.735. The number of carboxylic acid groups (broad SMARTS) is 1. The number of aliphatic carboxylic acids is 1. The van der Waals surface area contributed by atoms with E-state index in [1.54, 1.807) is 18.2 Å². The first-order chi connectivity index (χ1) is 12.5. The van der Waals surface area contributed by atoms with Crippen molar-refractivity contribution in [3.8, 4) is 0 Å². The van der Waals surface area contributed by atoms with Crippen LogP contribution in [-0.2, 0) is 14.8 Å². The first kappa shape index (κ1) is 16.3. The molecule has 5 nitrogen and oxygen atoms in total. The maximum absolute atomic E-state index is 13.4. The molecular formula is C20H21NO4S. The SMILES string of the molecule is O=C(O)[C@H]1C2CCCCC3CC32N1S(=O)(=O)c1ccc2ccccc2c1. The normalized spacial score (nSPS) is 33.6. The lowest BCUT2D eigenvalue weighted by molar-refractivity contribution is -0.155. The number of nitrogens with zero attached hydrogens (tertiary/aromatic N) is 1. The van der Waals surface area contributed by atoms with Crippen LogP contribution >= 0.6 is 0 Å². The smallest absolute Gasteiger partial charge is 0.322 e. The average Bonchev–Trinajstić information content (AvgIpc) is 3.36. The molecular weight excluding hydrogens is 350 g/mol. The summed E-state index contributed by atoms with van der Waals surface area (Å²) in [5, 5.41) is 11.6. The predicted octanol–water partition coefficient (Wildman–Crippen LogP) is 3.25. The highest BCUT2D eigenvalue weighted by Crippen LogP contribution is 2.68. The summed E-state index contributed by atoms with van der Waals surface area (Å²) in [6.07, 6.45) is 4.70. The minimum Gasteiger partial charge on any atom is -0.480 e. The van der Waals surface area contributed by atoms with Crippen molar-refractivity contribution in [2.75, 3.05) is 0 Å². The van der Waals surface area contributed by atoms with Gasteiger partial charge in [-0.3, -0.25) is 4.79 Å².